The molecule has 14 heavy (non-hydrogen) atoms. The van der Waals surface area contributed by atoms with Crippen LogP contribution < -0.4 is 0 Å². The second-order valence-electron chi connectivity index (χ2n) is 4.40. The summed E-state index contributed by atoms with van der Waals surface area (Å²) in [5, 5.41) is 0. The second-order valence-corrected chi connectivity index (χ2v) is 4.40. The third kappa shape index (κ3) is 1.67. The van der Waals surface area contributed by atoms with E-state index in [0.29, 0.717) is 6.61 Å². The zero-order valence-corrected chi connectivity index (χ0v) is 9.15. The van der Waals surface area contributed by atoms with Crippen LogP contribution in [0.4, 0.5) is 0 Å². The molecule has 0 amide bonds. The SMILES string of the molecule is COC[C@H]1OC(C)C2OC(C)(C)OC21. The molecule has 2 rings (SSSR count). The van der Waals surface area contributed by atoms with Crippen LogP contribution in [0.5, 0.6) is 0 Å². The third-order valence-electron chi connectivity index (χ3n) is 2.71. The minimum atomic E-state index is -0.487. The van der Waals surface area contributed by atoms with Gasteiger partial charge in [0.1, 0.15) is 18.3 Å². The highest BCUT2D eigenvalue weighted by molar-refractivity contribution is 4.96. The minimum absolute atomic E-state index is 0.00164. The first-order chi connectivity index (χ1) is 6.53. The molecule has 0 bridgehead atoms. The van der Waals surface area contributed by atoms with Gasteiger partial charge in [-0.05, 0) is 20.8 Å². The van der Waals surface area contributed by atoms with Crippen LogP contribution in [0.1, 0.15) is 20.8 Å². The Morgan fingerprint density at radius 3 is 2.50 bits per heavy atom. The summed E-state index contributed by atoms with van der Waals surface area (Å²) in [6, 6.07) is 0. The van der Waals surface area contributed by atoms with Crippen molar-refractivity contribution in [2.24, 2.45) is 0 Å². The van der Waals surface area contributed by atoms with Crippen molar-refractivity contribution >= 4 is 0 Å². The topological polar surface area (TPSA) is 36.9 Å². The molecule has 3 unspecified atom stereocenters. The summed E-state index contributed by atoms with van der Waals surface area (Å²) in [5.41, 5.74) is 0. The quantitative estimate of drug-likeness (QED) is 0.668. The fourth-order valence-corrected chi connectivity index (χ4v) is 2.20. The van der Waals surface area contributed by atoms with Crippen molar-refractivity contribution in [2.75, 3.05) is 13.7 Å². The van der Waals surface area contributed by atoms with E-state index >= 15 is 0 Å². The van der Waals surface area contributed by atoms with Crippen LogP contribution in [-0.2, 0) is 18.9 Å². The lowest BCUT2D eigenvalue weighted by Gasteiger charge is -2.22. The van der Waals surface area contributed by atoms with E-state index in [-0.39, 0.29) is 24.4 Å². The zero-order valence-electron chi connectivity index (χ0n) is 9.15. The number of fused-ring (bicyclic) bond motifs is 1. The smallest absolute Gasteiger partial charge is 0.164 e. The molecule has 4 nitrogen and oxygen atoms in total. The lowest BCUT2D eigenvalue weighted by molar-refractivity contribution is -0.189. The maximum Gasteiger partial charge on any atom is 0.164 e. The molecule has 0 saturated carbocycles. The Morgan fingerprint density at radius 1 is 1.21 bits per heavy atom. The van der Waals surface area contributed by atoms with Crippen LogP contribution in [0, 0.1) is 0 Å². The summed E-state index contributed by atoms with van der Waals surface area (Å²) < 4.78 is 22.3. The Balaban J connectivity index is 2.07. The zero-order chi connectivity index (χ0) is 10.3. The van der Waals surface area contributed by atoms with Crippen LogP contribution in [-0.4, -0.2) is 43.9 Å². The van der Waals surface area contributed by atoms with Crippen molar-refractivity contribution in [1.29, 1.82) is 0 Å². The Kier molecular flexibility index (Phi) is 2.55. The molecular formula is C10H18O4. The van der Waals surface area contributed by atoms with Crippen LogP contribution in [0.15, 0.2) is 0 Å². The summed E-state index contributed by atoms with van der Waals surface area (Å²) >= 11 is 0. The molecule has 0 N–H and O–H groups in total. The Labute approximate surface area is 84.5 Å². The van der Waals surface area contributed by atoms with Crippen molar-refractivity contribution in [2.45, 2.75) is 51.0 Å². The molecule has 2 heterocycles. The summed E-state index contributed by atoms with van der Waals surface area (Å²) in [6.07, 6.45) is 0.147. The molecule has 2 saturated heterocycles. The van der Waals surface area contributed by atoms with Crippen molar-refractivity contribution in [3.63, 3.8) is 0 Å². The van der Waals surface area contributed by atoms with Crippen molar-refractivity contribution in [1.82, 2.24) is 0 Å². The highest BCUT2D eigenvalue weighted by Gasteiger charge is 2.53. The number of rotatable bonds is 2. The largest absolute Gasteiger partial charge is 0.382 e. The van der Waals surface area contributed by atoms with E-state index in [1.807, 2.05) is 20.8 Å². The molecule has 4 heteroatoms. The maximum atomic E-state index is 5.78. The normalized spacial score (nSPS) is 45.4. The van der Waals surface area contributed by atoms with Gasteiger partial charge in [0.25, 0.3) is 0 Å². The first kappa shape index (κ1) is 10.4. The number of ether oxygens (including phenoxy) is 4. The van der Waals surface area contributed by atoms with Gasteiger partial charge in [-0.25, -0.2) is 0 Å². The van der Waals surface area contributed by atoms with E-state index in [9.17, 15) is 0 Å². The van der Waals surface area contributed by atoms with Crippen LogP contribution in [0.25, 0.3) is 0 Å². The summed E-state index contributed by atoms with van der Waals surface area (Å²) in [5.74, 6) is -0.487. The van der Waals surface area contributed by atoms with E-state index in [0.717, 1.165) is 0 Å². The van der Waals surface area contributed by atoms with Gasteiger partial charge < -0.3 is 18.9 Å². The molecule has 0 aromatic rings. The van der Waals surface area contributed by atoms with Gasteiger partial charge in [-0.2, -0.15) is 0 Å². The van der Waals surface area contributed by atoms with Gasteiger partial charge in [0.15, 0.2) is 5.79 Å². The van der Waals surface area contributed by atoms with E-state index in [4.69, 9.17) is 18.9 Å². The predicted octanol–water partition coefficient (Wildman–Crippen LogP) is 0.940. The molecule has 0 aromatic carbocycles. The van der Waals surface area contributed by atoms with Crippen LogP contribution in [0.2, 0.25) is 0 Å². The Morgan fingerprint density at radius 2 is 1.86 bits per heavy atom. The highest BCUT2D eigenvalue weighted by Crippen LogP contribution is 2.38. The summed E-state index contributed by atoms with van der Waals surface area (Å²) in [4.78, 5) is 0. The fraction of sp³-hybridized carbons (Fsp3) is 1.00. The molecule has 2 fully saturated rings. The molecule has 0 aliphatic carbocycles. The fourth-order valence-electron chi connectivity index (χ4n) is 2.20. The van der Waals surface area contributed by atoms with Gasteiger partial charge >= 0.3 is 0 Å². The monoisotopic (exact) mass is 202 g/mol. The molecule has 2 aliphatic heterocycles. The van der Waals surface area contributed by atoms with E-state index in [1.165, 1.54) is 0 Å². The Bertz CT molecular complexity index is 216. The second kappa shape index (κ2) is 3.45. The van der Waals surface area contributed by atoms with Crippen molar-refractivity contribution in [3.8, 4) is 0 Å². The van der Waals surface area contributed by atoms with Gasteiger partial charge in [-0.3, -0.25) is 0 Å². The highest BCUT2D eigenvalue weighted by atomic mass is 16.8. The number of hydrogen-bond acceptors (Lipinski definition) is 4. The standard InChI is InChI=1S/C10H18O4/c1-6-8-9(7(12-6)5-11-4)14-10(2,3)13-8/h6-9H,5H2,1-4H3/t6?,7-,8?,9?/m1/s1. The maximum absolute atomic E-state index is 5.78. The van der Waals surface area contributed by atoms with Gasteiger partial charge in [0.2, 0.25) is 0 Å². The average molecular weight is 202 g/mol. The molecule has 82 valence electrons. The predicted molar refractivity (Wildman–Crippen MR) is 50.0 cm³/mol. The molecule has 0 aromatic heterocycles. The first-order valence-electron chi connectivity index (χ1n) is 5.03. The van der Waals surface area contributed by atoms with Crippen molar-refractivity contribution in [3.05, 3.63) is 0 Å². The van der Waals surface area contributed by atoms with E-state index in [2.05, 4.69) is 0 Å². The molecular weight excluding hydrogens is 184 g/mol. The molecule has 0 radical (unpaired) electrons. The summed E-state index contributed by atoms with van der Waals surface area (Å²) in [6.45, 7) is 6.44. The first-order valence-corrected chi connectivity index (χ1v) is 5.03. The number of hydrogen-bond donors (Lipinski definition) is 0. The molecule has 4 atom stereocenters. The lowest BCUT2D eigenvalue weighted by atomic mass is 10.1. The third-order valence-corrected chi connectivity index (χ3v) is 2.71. The number of methoxy groups -OCH3 is 1. The van der Waals surface area contributed by atoms with Gasteiger partial charge in [-0.1, -0.05) is 0 Å². The van der Waals surface area contributed by atoms with Crippen LogP contribution >= 0.6 is 0 Å². The van der Waals surface area contributed by atoms with Crippen LogP contribution in [0.3, 0.4) is 0 Å². The lowest BCUT2D eigenvalue weighted by Crippen LogP contribution is -2.32. The molecule has 0 spiro atoms. The van der Waals surface area contributed by atoms with Gasteiger partial charge in [0.05, 0.1) is 12.7 Å². The van der Waals surface area contributed by atoms with Gasteiger partial charge in [-0.15, -0.1) is 0 Å². The average Bonchev–Trinajstić information content (AvgIpc) is 2.51. The van der Waals surface area contributed by atoms with E-state index < -0.39 is 5.79 Å². The Hall–Kier alpha value is -0.160. The minimum Gasteiger partial charge on any atom is -0.382 e. The molecule has 2 aliphatic rings. The summed E-state index contributed by atoms with van der Waals surface area (Å²) in [7, 11) is 1.67. The van der Waals surface area contributed by atoms with Crippen molar-refractivity contribution < 1.29 is 18.9 Å². The van der Waals surface area contributed by atoms with Gasteiger partial charge in [0, 0.05) is 7.11 Å². The van der Waals surface area contributed by atoms with E-state index in [1.54, 1.807) is 7.11 Å².